The summed E-state index contributed by atoms with van der Waals surface area (Å²) in [4.78, 5) is 30.0. The molecule has 0 fully saturated rings. The number of aromatic nitrogens is 5. The zero-order valence-electron chi connectivity index (χ0n) is 17.5. The van der Waals surface area contributed by atoms with E-state index in [0.29, 0.717) is 34.0 Å². The number of rotatable bonds is 7. The molecule has 32 heavy (non-hydrogen) atoms. The second-order valence-electron chi connectivity index (χ2n) is 6.78. The molecule has 164 valence electrons. The summed E-state index contributed by atoms with van der Waals surface area (Å²) in [7, 11) is 3.56. The second kappa shape index (κ2) is 8.59. The lowest BCUT2D eigenvalue weighted by Crippen LogP contribution is -2.18. The minimum atomic E-state index is -1.43. The number of amides is 1. The van der Waals surface area contributed by atoms with Crippen LogP contribution < -0.4 is 20.6 Å². The van der Waals surface area contributed by atoms with Gasteiger partial charge in [-0.1, -0.05) is 0 Å². The quantitative estimate of drug-likeness (QED) is 0.382. The topological polar surface area (TPSA) is 150 Å². The zero-order chi connectivity index (χ0) is 22.8. The Morgan fingerprint density at radius 2 is 1.91 bits per heavy atom. The number of carbonyl (C=O) groups is 1. The molecule has 12 heteroatoms. The zero-order valence-corrected chi connectivity index (χ0v) is 18.3. The predicted octanol–water partition coefficient (Wildman–Crippen LogP) is 1.98. The van der Waals surface area contributed by atoms with Gasteiger partial charge in [-0.2, -0.15) is 0 Å². The summed E-state index contributed by atoms with van der Waals surface area (Å²) < 4.78 is 18.2. The van der Waals surface area contributed by atoms with E-state index in [-0.39, 0.29) is 11.5 Å². The van der Waals surface area contributed by atoms with Crippen LogP contribution >= 0.6 is 0 Å². The summed E-state index contributed by atoms with van der Waals surface area (Å²) in [5, 5.41) is 6.05. The van der Waals surface area contributed by atoms with Crippen LogP contribution in [0, 0.1) is 0 Å². The van der Waals surface area contributed by atoms with E-state index in [1.165, 1.54) is 6.26 Å². The molecule has 11 nitrogen and oxygen atoms in total. The van der Waals surface area contributed by atoms with Crippen LogP contribution in [0.3, 0.4) is 0 Å². The van der Waals surface area contributed by atoms with Crippen molar-refractivity contribution in [3.8, 4) is 17.0 Å². The molecule has 1 amide bonds. The van der Waals surface area contributed by atoms with Gasteiger partial charge in [-0.15, -0.1) is 0 Å². The number of nitrogens with two attached hydrogens (primary N) is 1. The molecule has 4 aromatic rings. The largest absolute Gasteiger partial charge is 0.401 e. The number of benzene rings is 1. The van der Waals surface area contributed by atoms with Crippen LogP contribution in [0.25, 0.3) is 22.3 Å². The number of nitrogens with zero attached hydrogens (tertiary/aromatic N) is 5. The molecule has 0 bridgehead atoms. The molecule has 0 spiro atoms. The van der Waals surface area contributed by atoms with Crippen LogP contribution in [0.1, 0.15) is 10.5 Å². The highest BCUT2D eigenvalue weighted by molar-refractivity contribution is 7.79. The molecule has 0 aliphatic heterocycles. The van der Waals surface area contributed by atoms with Gasteiger partial charge in [0.1, 0.15) is 17.0 Å². The average molecular weight is 453 g/mol. The first-order valence-corrected chi connectivity index (χ1v) is 10.9. The molecular weight excluding hydrogens is 432 g/mol. The van der Waals surface area contributed by atoms with Crippen LogP contribution in [0.4, 0.5) is 17.3 Å². The third-order valence-electron chi connectivity index (χ3n) is 4.59. The molecule has 0 saturated carbocycles. The fourth-order valence-electron chi connectivity index (χ4n) is 3.14. The van der Waals surface area contributed by atoms with E-state index in [2.05, 4.69) is 30.6 Å². The van der Waals surface area contributed by atoms with Crippen LogP contribution in [-0.2, 0) is 18.1 Å². The van der Waals surface area contributed by atoms with E-state index < -0.39 is 17.0 Å². The number of imidazole rings is 1. The fourth-order valence-corrected chi connectivity index (χ4v) is 3.52. The molecule has 0 aliphatic rings. The lowest BCUT2D eigenvalue weighted by molar-refractivity contribution is 0.0996. The molecule has 4 N–H and O–H groups in total. The number of hydrogen-bond donors (Lipinski definition) is 3. The van der Waals surface area contributed by atoms with Crippen molar-refractivity contribution in [2.45, 2.75) is 0 Å². The highest BCUT2D eigenvalue weighted by Gasteiger charge is 2.21. The maximum Gasteiger partial charge on any atom is 0.271 e. The summed E-state index contributed by atoms with van der Waals surface area (Å²) >= 11 is -1.43. The lowest BCUT2D eigenvalue weighted by Gasteiger charge is -2.14. The van der Waals surface area contributed by atoms with E-state index in [1.807, 2.05) is 11.6 Å². The number of anilines is 3. The number of pyridine rings is 1. The lowest BCUT2D eigenvalue weighted by atomic mass is 10.1. The van der Waals surface area contributed by atoms with Crippen LogP contribution in [0.5, 0.6) is 5.75 Å². The van der Waals surface area contributed by atoms with Gasteiger partial charge in [-0.05, 0) is 24.3 Å². The van der Waals surface area contributed by atoms with Gasteiger partial charge in [0.2, 0.25) is 11.1 Å². The first-order valence-electron chi connectivity index (χ1n) is 9.41. The van der Waals surface area contributed by atoms with Gasteiger partial charge < -0.3 is 25.1 Å². The summed E-state index contributed by atoms with van der Waals surface area (Å²) in [6, 6.07) is 6.67. The van der Waals surface area contributed by atoms with E-state index in [4.69, 9.17) is 9.92 Å². The molecular formula is C20H20N8O3S. The highest BCUT2D eigenvalue weighted by atomic mass is 32.2. The number of aryl methyl sites for hydroxylation is 1. The van der Waals surface area contributed by atoms with Crippen molar-refractivity contribution in [1.29, 1.82) is 0 Å². The Balaban J connectivity index is 1.78. The van der Waals surface area contributed by atoms with Crippen molar-refractivity contribution in [3.05, 3.63) is 48.7 Å². The van der Waals surface area contributed by atoms with Crippen LogP contribution in [-0.4, -0.2) is 47.9 Å². The minimum absolute atomic E-state index is 0.0399. The van der Waals surface area contributed by atoms with Gasteiger partial charge in [0.25, 0.3) is 5.91 Å². The van der Waals surface area contributed by atoms with E-state index in [1.54, 1.807) is 50.0 Å². The number of carbonyl (C=O) groups excluding carboxylic acids is 1. The monoisotopic (exact) mass is 452 g/mol. The Morgan fingerprint density at radius 3 is 2.56 bits per heavy atom. The first-order chi connectivity index (χ1) is 15.4. The number of nitrogens with one attached hydrogen (secondary N) is 2. The average Bonchev–Trinajstić information content (AvgIpc) is 3.15. The summed E-state index contributed by atoms with van der Waals surface area (Å²) in [6.45, 7) is 0. The molecule has 4 rings (SSSR count). The molecule has 3 aromatic heterocycles. The van der Waals surface area contributed by atoms with Crippen molar-refractivity contribution >= 4 is 45.3 Å². The number of fused-ring (bicyclic) bond motifs is 1. The third kappa shape index (κ3) is 4.07. The number of hydrogen-bond acceptors (Lipinski definition) is 9. The predicted molar refractivity (Wildman–Crippen MR) is 122 cm³/mol. The Kier molecular flexibility index (Phi) is 5.69. The molecule has 0 saturated heterocycles. The van der Waals surface area contributed by atoms with Crippen molar-refractivity contribution in [2.24, 2.45) is 12.8 Å². The number of primary amides is 1. The standard InChI is InChI=1S/C20H20N8O3S/c1-22-19-16(13-8-23-9-14-15(13)24-10-28(14)2)26-17(18(21)29)20(27-19)25-11-4-6-12(7-5-11)31-32(3)30/h4-10H,1-3H3,(H2,21,29)(H2,22,25,27). The van der Waals surface area contributed by atoms with Gasteiger partial charge >= 0.3 is 0 Å². The third-order valence-corrected chi connectivity index (χ3v) is 5.02. The Labute approximate surface area is 185 Å². The fraction of sp³-hybridized carbons (Fsp3) is 0.150. The normalized spacial score (nSPS) is 11.8. The highest BCUT2D eigenvalue weighted by Crippen LogP contribution is 2.32. The molecule has 0 radical (unpaired) electrons. The summed E-state index contributed by atoms with van der Waals surface area (Å²) in [5.41, 5.74) is 8.68. The van der Waals surface area contributed by atoms with Gasteiger partial charge in [-0.3, -0.25) is 9.78 Å². The van der Waals surface area contributed by atoms with Crippen molar-refractivity contribution in [3.63, 3.8) is 0 Å². The van der Waals surface area contributed by atoms with Crippen LogP contribution in [0.15, 0.2) is 43.0 Å². The second-order valence-corrected chi connectivity index (χ2v) is 7.75. The Bertz CT molecular complexity index is 1340. The first kappa shape index (κ1) is 21.2. The Morgan fingerprint density at radius 1 is 1.16 bits per heavy atom. The van der Waals surface area contributed by atoms with Gasteiger partial charge in [-0.25, -0.2) is 19.2 Å². The van der Waals surface area contributed by atoms with E-state index in [0.717, 1.165) is 5.52 Å². The van der Waals surface area contributed by atoms with Crippen molar-refractivity contribution in [1.82, 2.24) is 24.5 Å². The van der Waals surface area contributed by atoms with E-state index >= 15 is 0 Å². The summed E-state index contributed by atoms with van der Waals surface area (Å²) in [6.07, 6.45) is 6.43. The van der Waals surface area contributed by atoms with Gasteiger partial charge in [0, 0.05) is 32.2 Å². The minimum Gasteiger partial charge on any atom is -0.401 e. The summed E-state index contributed by atoms with van der Waals surface area (Å²) in [5.74, 6) is 0.296. The molecule has 1 aromatic carbocycles. The molecule has 0 aliphatic carbocycles. The van der Waals surface area contributed by atoms with Crippen molar-refractivity contribution < 1.29 is 13.2 Å². The maximum atomic E-state index is 12.2. The Hall–Kier alpha value is -4.06. The van der Waals surface area contributed by atoms with Gasteiger partial charge in [0.05, 0.1) is 23.6 Å². The molecule has 1 unspecified atom stereocenters. The smallest absolute Gasteiger partial charge is 0.271 e. The maximum absolute atomic E-state index is 12.2. The SMILES string of the molecule is CNc1nc(Nc2ccc(OS(C)=O)cc2)c(C(N)=O)nc1-c1cncc2c1ncn2C. The molecule has 3 heterocycles. The molecule has 1 atom stereocenters. The van der Waals surface area contributed by atoms with E-state index in [9.17, 15) is 9.00 Å². The van der Waals surface area contributed by atoms with Crippen LogP contribution in [0.2, 0.25) is 0 Å². The van der Waals surface area contributed by atoms with Crippen molar-refractivity contribution in [2.75, 3.05) is 23.9 Å². The van der Waals surface area contributed by atoms with Gasteiger partial charge in [0.15, 0.2) is 17.3 Å².